The molecule has 0 aromatic carbocycles. The van der Waals surface area contributed by atoms with E-state index in [2.05, 4.69) is 10.3 Å². The summed E-state index contributed by atoms with van der Waals surface area (Å²) in [5.41, 5.74) is 0. The number of hydrogen-bond donors (Lipinski definition) is 2. The third-order valence-electron chi connectivity index (χ3n) is 4.60. The fourth-order valence-corrected chi connectivity index (χ4v) is 3.21. The number of aromatic nitrogens is 1. The molecular formula is C18H25FN4O4. The van der Waals surface area contributed by atoms with Crippen molar-refractivity contribution in [2.45, 2.75) is 45.1 Å². The third-order valence-corrected chi connectivity index (χ3v) is 4.60. The summed E-state index contributed by atoms with van der Waals surface area (Å²) in [6.07, 6.45) is 4.62. The standard InChI is InChI=1S/C18H25FN4O4/c1-2-3-5-13(11-22(27)12-24)18(26)23-9-4-6-15(23)17(25)21-16-8-7-14(19)10-20-16/h7-8,10,12-13,15,27H,2-6,9,11H2,1H3,(H,20,21,25)/t13-,15+/m1/s1. The molecule has 1 aromatic rings. The summed E-state index contributed by atoms with van der Waals surface area (Å²) in [5, 5.41) is 12.6. The Morgan fingerprint density at radius 2 is 2.30 bits per heavy atom. The largest absolute Gasteiger partial charge is 0.330 e. The number of hydroxylamine groups is 2. The topological polar surface area (TPSA) is 103 Å². The SMILES string of the molecule is CCCC[C@H](CN(O)C=O)C(=O)N1CCC[C@H]1C(=O)Nc1ccc(F)cn1. The number of pyridine rings is 1. The molecule has 1 aliphatic heterocycles. The fourth-order valence-electron chi connectivity index (χ4n) is 3.21. The van der Waals surface area contributed by atoms with E-state index in [4.69, 9.17) is 0 Å². The summed E-state index contributed by atoms with van der Waals surface area (Å²) in [7, 11) is 0. The Labute approximate surface area is 157 Å². The highest BCUT2D eigenvalue weighted by molar-refractivity contribution is 5.97. The van der Waals surface area contributed by atoms with Gasteiger partial charge in [-0.1, -0.05) is 19.8 Å². The Morgan fingerprint density at radius 3 is 2.93 bits per heavy atom. The first-order valence-electron chi connectivity index (χ1n) is 9.10. The Kier molecular flexibility index (Phi) is 7.66. The highest BCUT2D eigenvalue weighted by Gasteiger charge is 2.37. The van der Waals surface area contributed by atoms with E-state index < -0.39 is 17.8 Å². The van der Waals surface area contributed by atoms with Gasteiger partial charge in [0.1, 0.15) is 17.7 Å². The van der Waals surface area contributed by atoms with Gasteiger partial charge in [-0.15, -0.1) is 0 Å². The number of carbonyl (C=O) groups is 3. The summed E-state index contributed by atoms with van der Waals surface area (Å²) in [5.74, 6) is -1.50. The molecule has 9 heteroatoms. The Hall–Kier alpha value is -2.55. The van der Waals surface area contributed by atoms with E-state index in [1.807, 2.05) is 6.92 Å². The molecule has 0 bridgehead atoms. The van der Waals surface area contributed by atoms with Crippen LogP contribution in [0.2, 0.25) is 0 Å². The van der Waals surface area contributed by atoms with Crippen LogP contribution in [0.1, 0.15) is 39.0 Å². The van der Waals surface area contributed by atoms with Crippen molar-refractivity contribution in [1.82, 2.24) is 14.9 Å². The van der Waals surface area contributed by atoms with Gasteiger partial charge in [-0.05, 0) is 31.4 Å². The molecule has 2 rings (SSSR count). The number of nitrogens with zero attached hydrogens (tertiary/aromatic N) is 3. The average Bonchev–Trinajstić information content (AvgIpc) is 3.16. The van der Waals surface area contributed by atoms with E-state index in [0.29, 0.717) is 30.9 Å². The molecule has 8 nitrogen and oxygen atoms in total. The maximum Gasteiger partial charge on any atom is 0.248 e. The lowest BCUT2D eigenvalue weighted by Gasteiger charge is -2.29. The molecule has 148 valence electrons. The zero-order valence-electron chi connectivity index (χ0n) is 15.3. The van der Waals surface area contributed by atoms with E-state index >= 15 is 0 Å². The van der Waals surface area contributed by atoms with Crippen LogP contribution in [0.25, 0.3) is 0 Å². The third kappa shape index (κ3) is 5.72. The van der Waals surface area contributed by atoms with Crippen molar-refractivity contribution >= 4 is 24.0 Å². The van der Waals surface area contributed by atoms with Crippen molar-refractivity contribution in [3.8, 4) is 0 Å². The van der Waals surface area contributed by atoms with Gasteiger partial charge in [-0.25, -0.2) is 14.4 Å². The lowest BCUT2D eigenvalue weighted by Crippen LogP contribution is -2.47. The predicted octanol–water partition coefficient (Wildman–Crippen LogP) is 1.80. The van der Waals surface area contributed by atoms with Gasteiger partial charge in [0.2, 0.25) is 18.2 Å². The van der Waals surface area contributed by atoms with Crippen LogP contribution < -0.4 is 5.32 Å². The van der Waals surface area contributed by atoms with Crippen molar-refractivity contribution in [3.05, 3.63) is 24.1 Å². The van der Waals surface area contributed by atoms with Crippen molar-refractivity contribution < 1.29 is 24.0 Å². The monoisotopic (exact) mass is 380 g/mol. The minimum atomic E-state index is -0.656. The molecule has 0 spiro atoms. The number of halogens is 1. The van der Waals surface area contributed by atoms with E-state index in [1.165, 1.54) is 17.0 Å². The second kappa shape index (κ2) is 9.96. The minimum Gasteiger partial charge on any atom is -0.330 e. The number of anilines is 1. The second-order valence-corrected chi connectivity index (χ2v) is 6.61. The van der Waals surface area contributed by atoms with Gasteiger partial charge in [0.25, 0.3) is 0 Å². The summed E-state index contributed by atoms with van der Waals surface area (Å²) >= 11 is 0. The van der Waals surface area contributed by atoms with E-state index in [1.54, 1.807) is 0 Å². The van der Waals surface area contributed by atoms with Gasteiger partial charge in [0, 0.05) is 6.54 Å². The lowest BCUT2D eigenvalue weighted by molar-refractivity contribution is -0.157. The van der Waals surface area contributed by atoms with Crippen LogP contribution in [0.3, 0.4) is 0 Å². The van der Waals surface area contributed by atoms with Crippen molar-refractivity contribution in [2.24, 2.45) is 5.92 Å². The lowest BCUT2D eigenvalue weighted by atomic mass is 9.99. The molecule has 1 fully saturated rings. The number of unbranched alkanes of at least 4 members (excludes halogenated alkanes) is 1. The van der Waals surface area contributed by atoms with Crippen molar-refractivity contribution in [3.63, 3.8) is 0 Å². The smallest absolute Gasteiger partial charge is 0.248 e. The quantitative estimate of drug-likeness (QED) is 0.386. The van der Waals surface area contributed by atoms with Crippen LogP contribution in [0.15, 0.2) is 18.3 Å². The highest BCUT2D eigenvalue weighted by atomic mass is 19.1. The van der Waals surface area contributed by atoms with Gasteiger partial charge < -0.3 is 10.2 Å². The fraction of sp³-hybridized carbons (Fsp3) is 0.556. The molecule has 2 atom stereocenters. The second-order valence-electron chi connectivity index (χ2n) is 6.61. The molecule has 1 aliphatic rings. The minimum absolute atomic E-state index is 0.104. The first kappa shape index (κ1) is 20.8. The first-order valence-corrected chi connectivity index (χ1v) is 9.10. The Bertz CT molecular complexity index is 655. The molecule has 27 heavy (non-hydrogen) atoms. The Morgan fingerprint density at radius 1 is 1.52 bits per heavy atom. The zero-order valence-corrected chi connectivity index (χ0v) is 15.3. The van der Waals surface area contributed by atoms with Gasteiger partial charge >= 0.3 is 0 Å². The maximum atomic E-state index is 12.9. The molecule has 3 amide bonds. The van der Waals surface area contributed by atoms with E-state index in [0.717, 1.165) is 19.0 Å². The Balaban J connectivity index is 2.06. The molecular weight excluding hydrogens is 355 g/mol. The normalized spacial score (nSPS) is 17.4. The van der Waals surface area contributed by atoms with Crippen LogP contribution in [0.5, 0.6) is 0 Å². The summed E-state index contributed by atoms with van der Waals surface area (Å²) < 4.78 is 12.9. The first-order chi connectivity index (χ1) is 13.0. The molecule has 2 N–H and O–H groups in total. The summed E-state index contributed by atoms with van der Waals surface area (Å²) in [6.45, 7) is 2.31. The highest BCUT2D eigenvalue weighted by Crippen LogP contribution is 2.23. The molecule has 1 aromatic heterocycles. The predicted molar refractivity (Wildman–Crippen MR) is 95.1 cm³/mol. The van der Waals surface area contributed by atoms with Crippen LogP contribution in [0, 0.1) is 11.7 Å². The summed E-state index contributed by atoms with van der Waals surface area (Å²) in [6, 6.07) is 1.89. The van der Waals surface area contributed by atoms with Crippen LogP contribution >= 0.6 is 0 Å². The maximum absolute atomic E-state index is 12.9. The molecule has 0 unspecified atom stereocenters. The van der Waals surface area contributed by atoms with E-state index in [-0.39, 0.29) is 30.6 Å². The molecule has 0 radical (unpaired) electrons. The van der Waals surface area contributed by atoms with Gasteiger partial charge in [0.15, 0.2) is 0 Å². The van der Waals surface area contributed by atoms with Crippen molar-refractivity contribution in [2.75, 3.05) is 18.4 Å². The molecule has 1 saturated heterocycles. The van der Waals surface area contributed by atoms with E-state index in [9.17, 15) is 24.0 Å². The number of amides is 3. The molecule has 2 heterocycles. The van der Waals surface area contributed by atoms with Crippen LogP contribution in [-0.4, -0.2) is 57.5 Å². The molecule has 0 aliphatic carbocycles. The van der Waals surface area contributed by atoms with Crippen LogP contribution in [0.4, 0.5) is 10.2 Å². The average molecular weight is 380 g/mol. The number of nitrogens with one attached hydrogen (secondary N) is 1. The van der Waals surface area contributed by atoms with Crippen molar-refractivity contribution in [1.29, 1.82) is 0 Å². The van der Waals surface area contributed by atoms with Crippen LogP contribution in [-0.2, 0) is 14.4 Å². The number of hydrogen-bond acceptors (Lipinski definition) is 5. The van der Waals surface area contributed by atoms with Gasteiger partial charge in [0.05, 0.1) is 18.7 Å². The van der Waals surface area contributed by atoms with Gasteiger partial charge in [-0.3, -0.25) is 19.6 Å². The van der Waals surface area contributed by atoms with Gasteiger partial charge in [-0.2, -0.15) is 0 Å². The summed E-state index contributed by atoms with van der Waals surface area (Å²) in [4.78, 5) is 41.5. The molecule has 0 saturated carbocycles. The number of likely N-dealkylation sites (tertiary alicyclic amines) is 1. The number of carbonyl (C=O) groups excluding carboxylic acids is 3. The number of rotatable bonds is 9. The zero-order chi connectivity index (χ0) is 19.8.